The Kier molecular flexibility index (Phi) is 6.95. The SMILES string of the molecule is CCOC(=O)CCC(=O)OC(C)C1CC(O)CCN1C. The van der Waals surface area contributed by atoms with Gasteiger partial charge in [-0.25, -0.2) is 0 Å². The lowest BCUT2D eigenvalue weighted by molar-refractivity contribution is -0.156. The Balaban J connectivity index is 2.35. The summed E-state index contributed by atoms with van der Waals surface area (Å²) in [7, 11) is 1.96. The Morgan fingerprint density at radius 1 is 1.35 bits per heavy atom. The van der Waals surface area contributed by atoms with E-state index in [9.17, 15) is 14.7 Å². The first-order valence-electron chi connectivity index (χ1n) is 7.17. The smallest absolute Gasteiger partial charge is 0.306 e. The van der Waals surface area contributed by atoms with E-state index in [0.29, 0.717) is 13.0 Å². The van der Waals surface area contributed by atoms with E-state index < -0.39 is 5.97 Å². The number of likely N-dealkylation sites (tertiary alicyclic amines) is 1. The molecule has 0 aromatic carbocycles. The molecule has 0 aromatic heterocycles. The van der Waals surface area contributed by atoms with Crippen LogP contribution < -0.4 is 0 Å². The minimum absolute atomic E-state index is 0.0188. The van der Waals surface area contributed by atoms with Gasteiger partial charge in [0.05, 0.1) is 25.6 Å². The van der Waals surface area contributed by atoms with E-state index in [4.69, 9.17) is 9.47 Å². The summed E-state index contributed by atoms with van der Waals surface area (Å²) in [6.07, 6.45) is 0.783. The van der Waals surface area contributed by atoms with Crippen LogP contribution in [0, 0.1) is 0 Å². The van der Waals surface area contributed by atoms with Crippen LogP contribution in [-0.2, 0) is 19.1 Å². The molecular weight excluding hydrogens is 262 g/mol. The molecule has 0 amide bonds. The van der Waals surface area contributed by atoms with Gasteiger partial charge in [0, 0.05) is 12.6 Å². The third-order valence-electron chi connectivity index (χ3n) is 3.59. The molecule has 0 aromatic rings. The number of likely N-dealkylation sites (N-methyl/N-ethyl adjacent to an activating group) is 1. The summed E-state index contributed by atoms with van der Waals surface area (Å²) < 4.78 is 10.1. The van der Waals surface area contributed by atoms with E-state index in [1.807, 2.05) is 14.0 Å². The summed E-state index contributed by atoms with van der Waals surface area (Å²) in [6.45, 7) is 4.65. The second-order valence-electron chi connectivity index (χ2n) is 5.23. The van der Waals surface area contributed by atoms with Crippen molar-refractivity contribution in [2.24, 2.45) is 0 Å². The van der Waals surface area contributed by atoms with Crippen LogP contribution >= 0.6 is 0 Å². The van der Waals surface area contributed by atoms with Gasteiger partial charge in [0.2, 0.25) is 0 Å². The van der Waals surface area contributed by atoms with E-state index >= 15 is 0 Å². The van der Waals surface area contributed by atoms with Crippen LogP contribution in [-0.4, -0.2) is 60.4 Å². The highest BCUT2D eigenvalue weighted by Crippen LogP contribution is 2.20. The maximum absolute atomic E-state index is 11.7. The summed E-state index contributed by atoms with van der Waals surface area (Å²) in [4.78, 5) is 24.9. The van der Waals surface area contributed by atoms with Gasteiger partial charge in [0.1, 0.15) is 6.10 Å². The standard InChI is InChI=1S/C14H25NO5/c1-4-19-13(17)5-6-14(18)20-10(2)12-9-11(16)7-8-15(12)3/h10-12,16H,4-9H2,1-3H3. The van der Waals surface area contributed by atoms with Crippen LogP contribution in [0.4, 0.5) is 0 Å². The summed E-state index contributed by atoms with van der Waals surface area (Å²) in [5.74, 6) is -0.790. The first-order chi connectivity index (χ1) is 9.43. The third kappa shape index (κ3) is 5.46. The fraction of sp³-hybridized carbons (Fsp3) is 0.857. The van der Waals surface area contributed by atoms with Crippen molar-refractivity contribution in [3.63, 3.8) is 0 Å². The largest absolute Gasteiger partial charge is 0.466 e. The number of aliphatic hydroxyl groups excluding tert-OH is 1. The number of hydrogen-bond donors (Lipinski definition) is 1. The number of hydrogen-bond acceptors (Lipinski definition) is 6. The van der Waals surface area contributed by atoms with Gasteiger partial charge < -0.3 is 14.6 Å². The molecule has 1 fully saturated rings. The molecule has 6 heteroatoms. The van der Waals surface area contributed by atoms with Gasteiger partial charge in [-0.2, -0.15) is 0 Å². The number of rotatable bonds is 6. The van der Waals surface area contributed by atoms with Gasteiger partial charge in [-0.1, -0.05) is 0 Å². The lowest BCUT2D eigenvalue weighted by Gasteiger charge is -2.38. The molecule has 0 radical (unpaired) electrons. The maximum atomic E-state index is 11.7. The van der Waals surface area contributed by atoms with Gasteiger partial charge in [-0.05, 0) is 33.7 Å². The summed E-state index contributed by atoms with van der Waals surface area (Å²) in [6, 6.07) is 0.0188. The average Bonchev–Trinajstić information content (AvgIpc) is 2.39. The molecule has 1 aliphatic rings. The van der Waals surface area contributed by atoms with Crippen LogP contribution in [0.15, 0.2) is 0 Å². The van der Waals surface area contributed by atoms with E-state index in [1.165, 1.54) is 0 Å². The van der Waals surface area contributed by atoms with Crippen molar-refractivity contribution in [2.45, 2.75) is 57.8 Å². The van der Waals surface area contributed by atoms with Crippen molar-refractivity contribution in [3.05, 3.63) is 0 Å². The van der Waals surface area contributed by atoms with Crippen molar-refractivity contribution in [2.75, 3.05) is 20.2 Å². The molecule has 1 rings (SSSR count). The molecule has 0 spiro atoms. The molecule has 0 saturated carbocycles. The van der Waals surface area contributed by atoms with Crippen molar-refractivity contribution < 1.29 is 24.2 Å². The topological polar surface area (TPSA) is 76.1 Å². The first-order valence-corrected chi connectivity index (χ1v) is 7.17. The molecule has 1 heterocycles. The zero-order chi connectivity index (χ0) is 15.1. The number of carbonyl (C=O) groups is 2. The Morgan fingerprint density at radius 2 is 2.00 bits per heavy atom. The van der Waals surface area contributed by atoms with Crippen molar-refractivity contribution in [1.82, 2.24) is 4.90 Å². The highest BCUT2D eigenvalue weighted by Gasteiger charge is 2.31. The number of carbonyl (C=O) groups excluding carboxylic acids is 2. The molecule has 20 heavy (non-hydrogen) atoms. The van der Waals surface area contributed by atoms with Crippen LogP contribution in [0.25, 0.3) is 0 Å². The maximum Gasteiger partial charge on any atom is 0.306 e. The number of aliphatic hydroxyl groups is 1. The number of nitrogens with zero attached hydrogens (tertiary/aromatic N) is 1. The van der Waals surface area contributed by atoms with Gasteiger partial charge in [0.15, 0.2) is 0 Å². The zero-order valence-corrected chi connectivity index (χ0v) is 12.5. The Morgan fingerprint density at radius 3 is 2.65 bits per heavy atom. The minimum Gasteiger partial charge on any atom is -0.466 e. The number of piperidine rings is 1. The molecule has 116 valence electrons. The normalized spacial score (nSPS) is 25.0. The predicted octanol–water partition coefficient (Wildman–Crippen LogP) is 0.716. The van der Waals surface area contributed by atoms with Crippen molar-refractivity contribution in [3.8, 4) is 0 Å². The van der Waals surface area contributed by atoms with Crippen molar-refractivity contribution >= 4 is 11.9 Å². The summed E-state index contributed by atoms with van der Waals surface area (Å²) in [5, 5.41) is 9.69. The van der Waals surface area contributed by atoms with E-state index in [1.54, 1.807) is 6.92 Å². The second-order valence-corrected chi connectivity index (χ2v) is 5.23. The molecule has 3 unspecified atom stereocenters. The van der Waals surface area contributed by atoms with Crippen LogP contribution in [0.1, 0.15) is 39.5 Å². The average molecular weight is 287 g/mol. The molecular formula is C14H25NO5. The van der Waals surface area contributed by atoms with Crippen LogP contribution in [0.2, 0.25) is 0 Å². The number of ether oxygens (including phenoxy) is 2. The number of esters is 2. The van der Waals surface area contributed by atoms with Crippen molar-refractivity contribution in [1.29, 1.82) is 0 Å². The molecule has 1 N–H and O–H groups in total. The minimum atomic E-state index is -0.404. The molecule has 0 aliphatic carbocycles. The quantitative estimate of drug-likeness (QED) is 0.725. The highest BCUT2D eigenvalue weighted by molar-refractivity contribution is 5.77. The summed E-state index contributed by atoms with van der Waals surface area (Å²) in [5.41, 5.74) is 0. The lowest BCUT2D eigenvalue weighted by Crippen LogP contribution is -2.48. The van der Waals surface area contributed by atoms with Crippen LogP contribution in [0.5, 0.6) is 0 Å². The van der Waals surface area contributed by atoms with E-state index in [-0.39, 0.29) is 37.1 Å². The van der Waals surface area contributed by atoms with Gasteiger partial charge >= 0.3 is 11.9 Å². The Bertz CT molecular complexity index is 334. The fourth-order valence-corrected chi connectivity index (χ4v) is 2.43. The lowest BCUT2D eigenvalue weighted by atomic mass is 9.96. The Labute approximate surface area is 120 Å². The summed E-state index contributed by atoms with van der Waals surface area (Å²) >= 11 is 0. The molecule has 1 saturated heterocycles. The molecule has 1 aliphatic heterocycles. The highest BCUT2D eigenvalue weighted by atomic mass is 16.5. The second kappa shape index (κ2) is 8.21. The monoisotopic (exact) mass is 287 g/mol. The zero-order valence-electron chi connectivity index (χ0n) is 12.5. The van der Waals surface area contributed by atoms with Gasteiger partial charge in [-0.15, -0.1) is 0 Å². The molecule has 0 bridgehead atoms. The van der Waals surface area contributed by atoms with Gasteiger partial charge in [-0.3, -0.25) is 14.5 Å². The van der Waals surface area contributed by atoms with E-state index in [0.717, 1.165) is 13.0 Å². The Hall–Kier alpha value is -1.14. The van der Waals surface area contributed by atoms with E-state index in [2.05, 4.69) is 4.90 Å². The van der Waals surface area contributed by atoms with Gasteiger partial charge in [0.25, 0.3) is 0 Å². The molecule has 3 atom stereocenters. The molecule has 6 nitrogen and oxygen atoms in total. The fourth-order valence-electron chi connectivity index (χ4n) is 2.43. The predicted molar refractivity (Wildman–Crippen MR) is 73.1 cm³/mol. The van der Waals surface area contributed by atoms with Crippen LogP contribution in [0.3, 0.4) is 0 Å². The third-order valence-corrected chi connectivity index (χ3v) is 3.59. The first kappa shape index (κ1) is 16.9.